The Hall–Kier alpha value is -2.55. The van der Waals surface area contributed by atoms with Crippen LogP contribution in [-0.4, -0.2) is 14.9 Å². The molecule has 0 aliphatic carbocycles. The minimum atomic E-state index is 0.195. The molecular weight excluding hydrogens is 272 g/mol. The Bertz CT molecular complexity index is 788. The lowest BCUT2D eigenvalue weighted by atomic mass is 10.00. The highest BCUT2D eigenvalue weighted by Gasteiger charge is 2.21. The summed E-state index contributed by atoms with van der Waals surface area (Å²) in [6, 6.07) is 17.9. The quantitative estimate of drug-likeness (QED) is 0.761. The van der Waals surface area contributed by atoms with Gasteiger partial charge in [-0.3, -0.25) is 0 Å². The zero-order valence-corrected chi connectivity index (χ0v) is 13.1. The molecule has 0 saturated carbocycles. The number of aryl methyl sites for hydroxylation is 1. The van der Waals surface area contributed by atoms with Gasteiger partial charge in [-0.25, -0.2) is 4.68 Å². The van der Waals surface area contributed by atoms with Crippen molar-refractivity contribution < 1.29 is 5.11 Å². The second-order valence-electron chi connectivity index (χ2n) is 5.86. The Morgan fingerprint density at radius 3 is 2.36 bits per heavy atom. The van der Waals surface area contributed by atoms with Crippen molar-refractivity contribution in [2.45, 2.75) is 26.7 Å². The van der Waals surface area contributed by atoms with Gasteiger partial charge in [-0.1, -0.05) is 56.3 Å². The molecule has 0 fully saturated rings. The number of aromatic hydroxyl groups is 1. The van der Waals surface area contributed by atoms with Gasteiger partial charge in [-0.15, -0.1) is 0 Å². The SMILES string of the molecule is Cc1cccc(-n2nc(C(C)C)c(-c3ccccc3)c2O)c1. The van der Waals surface area contributed by atoms with Gasteiger partial charge in [-0.05, 0) is 36.1 Å². The number of rotatable bonds is 3. The number of aromatic nitrogens is 2. The van der Waals surface area contributed by atoms with Gasteiger partial charge in [0, 0.05) is 0 Å². The van der Waals surface area contributed by atoms with Crippen molar-refractivity contribution in [3.8, 4) is 22.7 Å². The van der Waals surface area contributed by atoms with Gasteiger partial charge in [0.05, 0.1) is 16.9 Å². The molecular formula is C19H20N2O. The van der Waals surface area contributed by atoms with Crippen LogP contribution in [0.2, 0.25) is 0 Å². The maximum atomic E-state index is 10.8. The van der Waals surface area contributed by atoms with Crippen LogP contribution in [0.1, 0.15) is 31.0 Å². The van der Waals surface area contributed by atoms with Crippen molar-refractivity contribution in [3.05, 3.63) is 65.9 Å². The maximum Gasteiger partial charge on any atom is 0.222 e. The number of hydrogen-bond donors (Lipinski definition) is 1. The van der Waals surface area contributed by atoms with Gasteiger partial charge >= 0.3 is 0 Å². The monoisotopic (exact) mass is 292 g/mol. The largest absolute Gasteiger partial charge is 0.493 e. The molecule has 3 rings (SSSR count). The Balaban J connectivity index is 2.23. The fourth-order valence-electron chi connectivity index (χ4n) is 2.65. The average molecular weight is 292 g/mol. The standard InChI is InChI=1S/C19H20N2O/c1-13(2)18-17(15-9-5-4-6-10-15)19(22)21(20-18)16-11-7-8-14(3)12-16/h4-13,22H,1-3H3. The van der Waals surface area contributed by atoms with Gasteiger partial charge in [0.1, 0.15) is 0 Å². The Morgan fingerprint density at radius 1 is 1.00 bits per heavy atom. The topological polar surface area (TPSA) is 38.0 Å². The summed E-state index contributed by atoms with van der Waals surface area (Å²) in [4.78, 5) is 0. The molecule has 2 aromatic carbocycles. The van der Waals surface area contributed by atoms with Gasteiger partial charge in [-0.2, -0.15) is 5.10 Å². The van der Waals surface area contributed by atoms with Gasteiger partial charge in [0.25, 0.3) is 0 Å². The number of nitrogens with zero attached hydrogens (tertiary/aromatic N) is 2. The summed E-state index contributed by atoms with van der Waals surface area (Å²) in [5.74, 6) is 0.424. The average Bonchev–Trinajstić information content (AvgIpc) is 2.86. The number of benzene rings is 2. The lowest BCUT2D eigenvalue weighted by Gasteiger charge is -2.05. The molecule has 0 aliphatic rings. The lowest BCUT2D eigenvalue weighted by Crippen LogP contribution is -1.98. The van der Waals surface area contributed by atoms with E-state index in [1.165, 1.54) is 0 Å². The molecule has 3 aromatic rings. The fraction of sp³-hybridized carbons (Fsp3) is 0.211. The van der Waals surface area contributed by atoms with Crippen LogP contribution >= 0.6 is 0 Å². The zero-order valence-electron chi connectivity index (χ0n) is 13.1. The summed E-state index contributed by atoms with van der Waals surface area (Å²) in [5.41, 5.74) is 4.73. The molecule has 3 nitrogen and oxygen atoms in total. The maximum absolute atomic E-state index is 10.8. The minimum Gasteiger partial charge on any atom is -0.493 e. The molecule has 0 saturated heterocycles. The van der Waals surface area contributed by atoms with Gasteiger partial charge < -0.3 is 5.11 Å². The van der Waals surface area contributed by atoms with Crippen LogP contribution in [0.4, 0.5) is 0 Å². The summed E-state index contributed by atoms with van der Waals surface area (Å²) in [6.07, 6.45) is 0. The van der Waals surface area contributed by atoms with Crippen molar-refractivity contribution in [2.24, 2.45) is 0 Å². The summed E-state index contributed by atoms with van der Waals surface area (Å²) in [6.45, 7) is 6.22. The highest BCUT2D eigenvalue weighted by atomic mass is 16.3. The van der Waals surface area contributed by atoms with Crippen molar-refractivity contribution in [1.29, 1.82) is 0 Å². The van der Waals surface area contributed by atoms with Crippen LogP contribution in [0.15, 0.2) is 54.6 Å². The van der Waals surface area contributed by atoms with E-state index in [2.05, 4.69) is 18.9 Å². The first-order valence-corrected chi connectivity index (χ1v) is 7.52. The van der Waals surface area contributed by atoms with Crippen molar-refractivity contribution >= 4 is 0 Å². The van der Waals surface area contributed by atoms with E-state index in [4.69, 9.17) is 0 Å². The van der Waals surface area contributed by atoms with Crippen molar-refractivity contribution in [3.63, 3.8) is 0 Å². The highest BCUT2D eigenvalue weighted by molar-refractivity contribution is 5.72. The van der Waals surface area contributed by atoms with Gasteiger partial charge in [0.2, 0.25) is 5.88 Å². The third kappa shape index (κ3) is 2.50. The Labute approximate surface area is 130 Å². The summed E-state index contributed by atoms with van der Waals surface area (Å²) >= 11 is 0. The molecule has 1 heterocycles. The van der Waals surface area contributed by atoms with Crippen LogP contribution in [0.3, 0.4) is 0 Å². The van der Waals surface area contributed by atoms with E-state index in [9.17, 15) is 5.11 Å². The van der Waals surface area contributed by atoms with Crippen LogP contribution in [0.5, 0.6) is 5.88 Å². The lowest BCUT2D eigenvalue weighted by molar-refractivity contribution is 0.435. The van der Waals surface area contributed by atoms with E-state index in [-0.39, 0.29) is 11.8 Å². The molecule has 0 bridgehead atoms. The van der Waals surface area contributed by atoms with E-state index >= 15 is 0 Å². The molecule has 22 heavy (non-hydrogen) atoms. The summed E-state index contributed by atoms with van der Waals surface area (Å²) < 4.78 is 1.63. The van der Waals surface area contributed by atoms with Crippen molar-refractivity contribution in [1.82, 2.24) is 9.78 Å². The fourth-order valence-corrected chi connectivity index (χ4v) is 2.65. The van der Waals surface area contributed by atoms with Gasteiger partial charge in [0.15, 0.2) is 0 Å². The molecule has 0 aliphatic heterocycles. The normalized spacial score (nSPS) is 11.1. The zero-order chi connectivity index (χ0) is 15.7. The van der Waals surface area contributed by atoms with E-state index < -0.39 is 0 Å². The third-order valence-electron chi connectivity index (χ3n) is 3.74. The predicted molar refractivity (Wildman–Crippen MR) is 89.5 cm³/mol. The van der Waals surface area contributed by atoms with E-state index in [1.54, 1.807) is 4.68 Å². The molecule has 3 heteroatoms. The van der Waals surface area contributed by atoms with Crippen molar-refractivity contribution in [2.75, 3.05) is 0 Å². The molecule has 0 spiro atoms. The smallest absolute Gasteiger partial charge is 0.222 e. The minimum absolute atomic E-state index is 0.195. The summed E-state index contributed by atoms with van der Waals surface area (Å²) in [5, 5.41) is 15.4. The van der Waals surface area contributed by atoms with Crippen LogP contribution in [0, 0.1) is 6.92 Å². The molecule has 0 atom stereocenters. The van der Waals surface area contributed by atoms with Crippen LogP contribution in [0.25, 0.3) is 16.8 Å². The third-order valence-corrected chi connectivity index (χ3v) is 3.74. The molecule has 0 radical (unpaired) electrons. The van der Waals surface area contributed by atoms with Crippen LogP contribution in [-0.2, 0) is 0 Å². The second kappa shape index (κ2) is 5.68. The molecule has 1 N–H and O–H groups in total. The first-order valence-electron chi connectivity index (χ1n) is 7.52. The Morgan fingerprint density at radius 2 is 1.73 bits per heavy atom. The molecule has 0 unspecified atom stereocenters. The van der Waals surface area contributed by atoms with Crippen LogP contribution < -0.4 is 0 Å². The van der Waals surface area contributed by atoms with E-state index in [0.717, 1.165) is 28.1 Å². The predicted octanol–water partition coefficient (Wildman–Crippen LogP) is 4.68. The first-order chi connectivity index (χ1) is 10.6. The highest BCUT2D eigenvalue weighted by Crippen LogP contribution is 2.37. The van der Waals surface area contributed by atoms with E-state index in [1.807, 2.05) is 61.5 Å². The Kier molecular flexibility index (Phi) is 3.72. The summed E-state index contributed by atoms with van der Waals surface area (Å²) in [7, 11) is 0. The first kappa shape index (κ1) is 14.4. The second-order valence-corrected chi connectivity index (χ2v) is 5.86. The molecule has 0 amide bonds. The molecule has 1 aromatic heterocycles. The van der Waals surface area contributed by atoms with E-state index in [0.29, 0.717) is 0 Å². The molecule has 112 valence electrons. The number of hydrogen-bond acceptors (Lipinski definition) is 2.